The lowest BCUT2D eigenvalue weighted by atomic mass is 9.99. The average molecular weight is 291 g/mol. The van der Waals surface area contributed by atoms with E-state index in [0.29, 0.717) is 13.1 Å². The molecule has 1 aromatic rings. The first-order valence-electron chi connectivity index (χ1n) is 7.45. The van der Waals surface area contributed by atoms with Crippen LogP contribution < -0.4 is 11.1 Å². The van der Waals surface area contributed by atoms with E-state index in [1.807, 2.05) is 31.2 Å². The molecule has 0 spiro atoms. The maximum Gasteiger partial charge on any atom is 0.238 e. The normalized spacial score (nSPS) is 23.0. The van der Waals surface area contributed by atoms with Gasteiger partial charge in [0.2, 0.25) is 5.91 Å². The summed E-state index contributed by atoms with van der Waals surface area (Å²) in [5.41, 5.74) is 7.81. The van der Waals surface area contributed by atoms with Crippen molar-refractivity contribution in [2.45, 2.75) is 31.9 Å². The molecule has 0 aromatic heterocycles. The van der Waals surface area contributed by atoms with Crippen molar-refractivity contribution in [3.63, 3.8) is 0 Å². The number of amides is 1. The quantitative estimate of drug-likeness (QED) is 0.860. The highest BCUT2D eigenvalue weighted by Crippen LogP contribution is 2.19. The van der Waals surface area contributed by atoms with Crippen molar-refractivity contribution in [3.8, 4) is 0 Å². The number of nitrogens with zero attached hydrogens (tertiary/aromatic N) is 1. The van der Waals surface area contributed by atoms with Crippen LogP contribution in [0.4, 0.5) is 5.69 Å². The molecule has 1 amide bonds. The Hall–Kier alpha value is -1.43. The number of ether oxygens (including phenoxy) is 1. The maximum atomic E-state index is 12.2. The molecule has 1 saturated heterocycles. The van der Waals surface area contributed by atoms with Gasteiger partial charge in [-0.15, -0.1) is 0 Å². The second kappa shape index (κ2) is 7.54. The molecule has 3 N–H and O–H groups in total. The molecule has 2 rings (SSSR count). The molecule has 116 valence electrons. The molecular formula is C16H25N3O2. The molecule has 0 bridgehead atoms. The summed E-state index contributed by atoms with van der Waals surface area (Å²) in [5, 5.41) is 2.95. The van der Waals surface area contributed by atoms with Gasteiger partial charge in [0, 0.05) is 31.9 Å². The summed E-state index contributed by atoms with van der Waals surface area (Å²) in [6.45, 7) is 3.79. The SMILES string of the molecule is COC1CCN(CC(=O)Nc2cccc(C)c2)C(CN)C1. The number of hydrogen-bond acceptors (Lipinski definition) is 4. The Bertz CT molecular complexity index is 478. The zero-order valence-corrected chi connectivity index (χ0v) is 12.8. The molecule has 0 aliphatic carbocycles. The Kier molecular flexibility index (Phi) is 5.73. The number of carbonyl (C=O) groups excluding carboxylic acids is 1. The maximum absolute atomic E-state index is 12.2. The van der Waals surface area contributed by atoms with Crippen LogP contribution in [0.3, 0.4) is 0 Å². The number of benzene rings is 1. The fourth-order valence-corrected chi connectivity index (χ4v) is 2.84. The van der Waals surface area contributed by atoms with Crippen molar-refractivity contribution in [2.75, 3.05) is 32.1 Å². The van der Waals surface area contributed by atoms with Crippen LogP contribution in [0.1, 0.15) is 18.4 Å². The summed E-state index contributed by atoms with van der Waals surface area (Å²) < 4.78 is 5.40. The van der Waals surface area contributed by atoms with Crippen molar-refractivity contribution >= 4 is 11.6 Å². The van der Waals surface area contributed by atoms with E-state index >= 15 is 0 Å². The van der Waals surface area contributed by atoms with E-state index in [2.05, 4.69) is 10.2 Å². The zero-order valence-electron chi connectivity index (χ0n) is 12.8. The number of carbonyl (C=O) groups is 1. The molecule has 2 unspecified atom stereocenters. The molecule has 5 nitrogen and oxygen atoms in total. The van der Waals surface area contributed by atoms with Crippen LogP contribution in [0.15, 0.2) is 24.3 Å². The summed E-state index contributed by atoms with van der Waals surface area (Å²) in [6, 6.07) is 8.04. The van der Waals surface area contributed by atoms with E-state index in [1.165, 1.54) is 0 Å². The highest BCUT2D eigenvalue weighted by Gasteiger charge is 2.28. The Balaban J connectivity index is 1.89. The predicted molar refractivity (Wildman–Crippen MR) is 84.3 cm³/mol. The van der Waals surface area contributed by atoms with E-state index in [9.17, 15) is 4.79 Å². The third-order valence-corrected chi connectivity index (χ3v) is 4.04. The van der Waals surface area contributed by atoms with Gasteiger partial charge < -0.3 is 15.8 Å². The molecule has 1 heterocycles. The topological polar surface area (TPSA) is 67.6 Å². The highest BCUT2D eigenvalue weighted by molar-refractivity contribution is 5.92. The summed E-state index contributed by atoms with van der Waals surface area (Å²) >= 11 is 0. The van der Waals surface area contributed by atoms with Crippen LogP contribution in [0.5, 0.6) is 0 Å². The first-order valence-corrected chi connectivity index (χ1v) is 7.45. The second-order valence-corrected chi connectivity index (χ2v) is 5.66. The summed E-state index contributed by atoms with van der Waals surface area (Å²) in [6.07, 6.45) is 2.10. The van der Waals surface area contributed by atoms with E-state index in [1.54, 1.807) is 7.11 Å². The van der Waals surface area contributed by atoms with Crippen molar-refractivity contribution in [3.05, 3.63) is 29.8 Å². The molecule has 1 aliphatic rings. The zero-order chi connectivity index (χ0) is 15.2. The van der Waals surface area contributed by atoms with E-state index in [0.717, 1.165) is 30.6 Å². The molecule has 1 aliphatic heterocycles. The van der Waals surface area contributed by atoms with Gasteiger partial charge in [0.15, 0.2) is 0 Å². The Labute approximate surface area is 126 Å². The minimum absolute atomic E-state index is 0.00918. The second-order valence-electron chi connectivity index (χ2n) is 5.66. The van der Waals surface area contributed by atoms with Crippen LogP contribution in [-0.2, 0) is 9.53 Å². The number of likely N-dealkylation sites (tertiary alicyclic amines) is 1. The van der Waals surface area contributed by atoms with Gasteiger partial charge in [0.05, 0.1) is 12.6 Å². The van der Waals surface area contributed by atoms with Crippen molar-refractivity contribution < 1.29 is 9.53 Å². The van der Waals surface area contributed by atoms with Crippen LogP contribution in [0.2, 0.25) is 0 Å². The van der Waals surface area contributed by atoms with Crippen molar-refractivity contribution in [1.29, 1.82) is 0 Å². The third-order valence-electron chi connectivity index (χ3n) is 4.04. The number of piperidine rings is 1. The number of nitrogens with one attached hydrogen (secondary N) is 1. The lowest BCUT2D eigenvalue weighted by molar-refractivity contribution is -0.118. The molecule has 1 aromatic carbocycles. The van der Waals surface area contributed by atoms with Crippen LogP contribution in [-0.4, -0.2) is 49.7 Å². The van der Waals surface area contributed by atoms with Crippen molar-refractivity contribution in [1.82, 2.24) is 4.90 Å². The number of methoxy groups -OCH3 is 1. The number of hydrogen-bond donors (Lipinski definition) is 2. The van der Waals surface area contributed by atoms with Gasteiger partial charge in [-0.1, -0.05) is 12.1 Å². The first kappa shape index (κ1) is 15.9. The van der Waals surface area contributed by atoms with Gasteiger partial charge in [-0.3, -0.25) is 9.69 Å². The van der Waals surface area contributed by atoms with Crippen molar-refractivity contribution in [2.24, 2.45) is 5.73 Å². The molecule has 0 saturated carbocycles. The molecule has 5 heteroatoms. The minimum atomic E-state index is 0.00918. The van der Waals surface area contributed by atoms with Gasteiger partial charge in [-0.25, -0.2) is 0 Å². The predicted octanol–water partition coefficient (Wildman–Crippen LogP) is 1.37. The minimum Gasteiger partial charge on any atom is -0.381 e. The molecular weight excluding hydrogens is 266 g/mol. The Morgan fingerprint density at radius 3 is 3.00 bits per heavy atom. The van der Waals surface area contributed by atoms with Crippen LogP contribution >= 0.6 is 0 Å². The smallest absolute Gasteiger partial charge is 0.238 e. The van der Waals surface area contributed by atoms with Crippen LogP contribution in [0, 0.1) is 6.92 Å². The fraction of sp³-hybridized carbons (Fsp3) is 0.562. The van der Waals surface area contributed by atoms with Gasteiger partial charge in [-0.05, 0) is 37.5 Å². The monoisotopic (exact) mass is 291 g/mol. The molecule has 2 atom stereocenters. The lowest BCUT2D eigenvalue weighted by Crippen LogP contribution is -2.50. The number of nitrogens with two attached hydrogens (primary N) is 1. The van der Waals surface area contributed by atoms with E-state index in [4.69, 9.17) is 10.5 Å². The van der Waals surface area contributed by atoms with Gasteiger partial charge >= 0.3 is 0 Å². The highest BCUT2D eigenvalue weighted by atomic mass is 16.5. The van der Waals surface area contributed by atoms with Gasteiger partial charge in [-0.2, -0.15) is 0 Å². The fourth-order valence-electron chi connectivity index (χ4n) is 2.84. The largest absolute Gasteiger partial charge is 0.381 e. The number of anilines is 1. The molecule has 21 heavy (non-hydrogen) atoms. The van der Waals surface area contributed by atoms with Gasteiger partial charge in [0.25, 0.3) is 0 Å². The summed E-state index contributed by atoms with van der Waals surface area (Å²) in [4.78, 5) is 14.3. The third kappa shape index (κ3) is 4.52. The van der Waals surface area contributed by atoms with E-state index < -0.39 is 0 Å². The number of aryl methyl sites for hydroxylation is 1. The number of rotatable bonds is 5. The standard InChI is InChI=1S/C16H25N3O2/c1-12-4-3-5-13(8-12)18-16(20)11-19-7-6-15(21-2)9-14(19)10-17/h3-5,8,14-15H,6-7,9-11,17H2,1-2H3,(H,18,20). The Morgan fingerprint density at radius 1 is 1.52 bits per heavy atom. The lowest BCUT2D eigenvalue weighted by Gasteiger charge is -2.37. The molecule has 0 radical (unpaired) electrons. The molecule has 1 fully saturated rings. The summed E-state index contributed by atoms with van der Waals surface area (Å²) in [7, 11) is 1.73. The average Bonchev–Trinajstić information content (AvgIpc) is 2.47. The summed E-state index contributed by atoms with van der Waals surface area (Å²) in [5.74, 6) is 0.00918. The Morgan fingerprint density at radius 2 is 2.33 bits per heavy atom. The van der Waals surface area contributed by atoms with E-state index in [-0.39, 0.29) is 18.1 Å². The first-order chi connectivity index (χ1) is 10.1. The van der Waals surface area contributed by atoms with Gasteiger partial charge in [0.1, 0.15) is 0 Å². The van der Waals surface area contributed by atoms with Crippen LogP contribution in [0.25, 0.3) is 0 Å².